The van der Waals surface area contributed by atoms with Crippen molar-refractivity contribution < 1.29 is 48.2 Å². The highest BCUT2D eigenvalue weighted by Gasteiger charge is 2.43. The quantitative estimate of drug-likeness (QED) is 0.0902. The molecule has 2 saturated heterocycles. The van der Waals surface area contributed by atoms with E-state index in [-0.39, 0.29) is 81.2 Å². The number of non-ortho nitro benzene ring substituents is 3. The maximum absolute atomic E-state index is 13.9. The fourth-order valence-electron chi connectivity index (χ4n) is 5.92. The van der Waals surface area contributed by atoms with Crippen molar-refractivity contribution in [1.29, 1.82) is 0 Å². The maximum atomic E-state index is 13.9. The molecule has 54 heavy (non-hydrogen) atoms. The normalized spacial score (nSPS) is 18.1. The molecule has 0 radical (unpaired) electrons. The molecule has 0 aromatic heterocycles. The molecule has 3 atom stereocenters. The van der Waals surface area contributed by atoms with Gasteiger partial charge in [0.15, 0.2) is 0 Å². The van der Waals surface area contributed by atoms with E-state index in [2.05, 4.69) is 12.6 Å². The lowest BCUT2D eigenvalue weighted by Gasteiger charge is -2.41. The zero-order valence-corrected chi connectivity index (χ0v) is 29.4. The first-order chi connectivity index (χ1) is 25.8. The number of ether oxygens (including phenoxy) is 3. The minimum absolute atomic E-state index is 0.0307. The van der Waals surface area contributed by atoms with Crippen molar-refractivity contribution in [2.24, 2.45) is 0 Å². The van der Waals surface area contributed by atoms with E-state index in [1.54, 1.807) is 0 Å². The third-order valence-electron chi connectivity index (χ3n) is 8.78. The van der Waals surface area contributed by atoms with E-state index in [0.29, 0.717) is 16.7 Å². The number of rotatable bonds is 12. The molecule has 0 saturated carbocycles. The lowest BCUT2D eigenvalue weighted by Crippen LogP contribution is -2.60. The Bertz CT molecular complexity index is 1900. The van der Waals surface area contributed by atoms with Crippen molar-refractivity contribution >= 4 is 53.8 Å². The van der Waals surface area contributed by atoms with Gasteiger partial charge in [-0.2, -0.15) is 12.6 Å². The minimum Gasteiger partial charge on any atom is -0.463 e. The molecular weight excluding hydrogens is 732 g/mol. The number of nitrogens with zero attached hydrogens (tertiary/aromatic N) is 6. The Morgan fingerprint density at radius 1 is 0.648 bits per heavy atom. The van der Waals surface area contributed by atoms with Gasteiger partial charge < -0.3 is 19.1 Å². The first-order valence-electron chi connectivity index (χ1n) is 16.5. The Hall–Kier alpha value is -6.31. The molecule has 2 aliphatic heterocycles. The molecule has 284 valence electrons. The summed E-state index contributed by atoms with van der Waals surface area (Å²) in [6.45, 7) is -0.740. The van der Waals surface area contributed by atoms with Crippen LogP contribution in [-0.2, 0) is 43.4 Å². The summed E-state index contributed by atoms with van der Waals surface area (Å²) >= 11 is 4.50. The van der Waals surface area contributed by atoms with E-state index >= 15 is 0 Å². The molecule has 20 heteroatoms. The highest BCUT2D eigenvalue weighted by Crippen LogP contribution is 2.27. The second-order valence-electron chi connectivity index (χ2n) is 12.4. The van der Waals surface area contributed by atoms with Gasteiger partial charge in [-0.3, -0.25) is 49.7 Å². The summed E-state index contributed by atoms with van der Waals surface area (Å²) in [4.78, 5) is 88.5. The number of carbonyl (C=O) groups excluding carboxylic acids is 4. The molecule has 5 rings (SSSR count). The number of hydrogen-bond donors (Lipinski definition) is 1. The van der Waals surface area contributed by atoms with Crippen LogP contribution in [0.2, 0.25) is 0 Å². The van der Waals surface area contributed by atoms with Gasteiger partial charge in [0, 0.05) is 67.8 Å². The van der Waals surface area contributed by atoms with E-state index in [0.717, 1.165) is 0 Å². The van der Waals surface area contributed by atoms with E-state index in [1.807, 2.05) is 0 Å². The number of hydrogen-bond acceptors (Lipinski definition) is 14. The van der Waals surface area contributed by atoms with Crippen molar-refractivity contribution in [2.75, 3.05) is 32.8 Å². The van der Waals surface area contributed by atoms with Crippen LogP contribution in [0.5, 0.6) is 0 Å². The zero-order valence-electron chi connectivity index (χ0n) is 28.5. The summed E-state index contributed by atoms with van der Waals surface area (Å²) in [5, 5.41) is 32.5. The Kier molecular flexibility index (Phi) is 12.6. The molecule has 3 aromatic carbocycles. The van der Waals surface area contributed by atoms with Crippen LogP contribution < -0.4 is 0 Å². The molecule has 0 N–H and O–H groups in total. The minimum atomic E-state index is -0.956. The highest BCUT2D eigenvalue weighted by atomic mass is 32.1. The molecule has 0 bridgehead atoms. The Labute approximate surface area is 312 Å². The largest absolute Gasteiger partial charge is 0.463 e. The van der Waals surface area contributed by atoms with Crippen LogP contribution in [0.4, 0.5) is 26.7 Å². The third-order valence-corrected chi connectivity index (χ3v) is 9.15. The molecule has 19 nitrogen and oxygen atoms in total. The standard InChI is InChI=1S/C34H34N6O13S/c41-31(15-22-1-7-25(8-2-22)38(45)46)51-21-28-17-35(13-14-36(28)33(43)52-19-23-3-9-26(10-4-23)39(47)48)32(42)30-16-29(54)18-37(30)34(44)53-20-24-5-11-27(12-6-24)40(49)50/h1-12,28-30,54H,13-21H2/t28?,29-,30-/m0/s1. The molecule has 2 fully saturated rings. The van der Waals surface area contributed by atoms with Gasteiger partial charge in [-0.05, 0) is 47.4 Å². The Balaban J connectivity index is 1.24. The van der Waals surface area contributed by atoms with Crippen LogP contribution in [0.3, 0.4) is 0 Å². The molecule has 2 aliphatic rings. The Morgan fingerprint density at radius 2 is 1.11 bits per heavy atom. The summed E-state index contributed by atoms with van der Waals surface area (Å²) < 4.78 is 16.4. The second-order valence-corrected chi connectivity index (χ2v) is 13.2. The number of likely N-dealkylation sites (tertiary alicyclic amines) is 1. The summed E-state index contributed by atoms with van der Waals surface area (Å²) in [5.74, 6) is -1.14. The first kappa shape index (κ1) is 38.9. The van der Waals surface area contributed by atoms with E-state index in [4.69, 9.17) is 14.2 Å². The van der Waals surface area contributed by atoms with Gasteiger partial charge in [0.2, 0.25) is 5.91 Å². The van der Waals surface area contributed by atoms with Gasteiger partial charge in [0.25, 0.3) is 17.1 Å². The number of benzene rings is 3. The third kappa shape index (κ3) is 9.97. The van der Waals surface area contributed by atoms with Crippen LogP contribution in [0.15, 0.2) is 72.8 Å². The average molecular weight is 767 g/mol. The van der Waals surface area contributed by atoms with Crippen LogP contribution in [0.1, 0.15) is 23.1 Å². The van der Waals surface area contributed by atoms with E-state index in [9.17, 15) is 49.5 Å². The molecular formula is C34H34N6O13S. The molecule has 3 amide bonds. The van der Waals surface area contributed by atoms with Crippen molar-refractivity contribution in [1.82, 2.24) is 14.7 Å². The first-order valence-corrected chi connectivity index (χ1v) is 17.0. The number of thiol groups is 1. The van der Waals surface area contributed by atoms with Crippen molar-refractivity contribution in [3.05, 3.63) is 120 Å². The summed E-state index contributed by atoms with van der Waals surface area (Å²) in [7, 11) is 0. The number of amides is 3. The summed E-state index contributed by atoms with van der Waals surface area (Å²) in [6, 6.07) is 14.4. The predicted molar refractivity (Wildman–Crippen MR) is 189 cm³/mol. The SMILES string of the molecule is O=C(Cc1ccc([N+](=O)[O-])cc1)OCC1CN(C(=O)[C@@H]2C[C@H](S)CN2C(=O)OCc2ccc([N+](=O)[O-])cc2)CCN1C(=O)OCc1ccc([N+](=O)[O-])cc1. The van der Waals surface area contributed by atoms with Crippen LogP contribution in [-0.4, -0.2) is 104 Å². The Morgan fingerprint density at radius 3 is 1.59 bits per heavy atom. The molecule has 0 aliphatic carbocycles. The molecule has 1 unspecified atom stereocenters. The van der Waals surface area contributed by atoms with Gasteiger partial charge in [0.1, 0.15) is 25.9 Å². The fraction of sp³-hybridized carbons (Fsp3) is 0.353. The average Bonchev–Trinajstić information content (AvgIpc) is 3.56. The number of nitro groups is 3. The van der Waals surface area contributed by atoms with Gasteiger partial charge in [-0.25, -0.2) is 9.59 Å². The van der Waals surface area contributed by atoms with Gasteiger partial charge in [0.05, 0.1) is 27.2 Å². The van der Waals surface area contributed by atoms with Gasteiger partial charge in [-0.1, -0.05) is 12.1 Å². The van der Waals surface area contributed by atoms with Crippen LogP contribution in [0, 0.1) is 30.3 Å². The zero-order chi connectivity index (χ0) is 38.9. The monoisotopic (exact) mass is 766 g/mol. The number of nitro benzene ring substituents is 3. The van der Waals surface area contributed by atoms with Gasteiger partial charge in [-0.15, -0.1) is 0 Å². The summed E-state index contributed by atoms with van der Waals surface area (Å²) in [6.07, 6.45) is -1.58. The fourth-order valence-corrected chi connectivity index (χ4v) is 6.30. The van der Waals surface area contributed by atoms with Crippen LogP contribution in [0.25, 0.3) is 0 Å². The predicted octanol–water partition coefficient (Wildman–Crippen LogP) is 4.06. The van der Waals surface area contributed by atoms with Crippen molar-refractivity contribution in [3.63, 3.8) is 0 Å². The maximum Gasteiger partial charge on any atom is 0.410 e. The number of piperazine rings is 1. The topological polar surface area (TPSA) is 235 Å². The van der Waals surface area contributed by atoms with E-state index < -0.39 is 50.9 Å². The number of carbonyl (C=O) groups is 4. The highest BCUT2D eigenvalue weighted by molar-refractivity contribution is 7.81. The second kappa shape index (κ2) is 17.5. The lowest BCUT2D eigenvalue weighted by molar-refractivity contribution is -0.385. The van der Waals surface area contributed by atoms with Crippen molar-refractivity contribution in [3.8, 4) is 0 Å². The van der Waals surface area contributed by atoms with Gasteiger partial charge >= 0.3 is 18.2 Å². The number of esters is 1. The van der Waals surface area contributed by atoms with E-state index in [1.165, 1.54) is 87.5 Å². The summed E-state index contributed by atoms with van der Waals surface area (Å²) in [5.41, 5.74) is 1.03. The lowest BCUT2D eigenvalue weighted by atomic mass is 10.1. The molecule has 2 heterocycles. The molecule has 3 aromatic rings. The molecule has 0 spiro atoms. The van der Waals surface area contributed by atoms with Crippen molar-refractivity contribution in [2.45, 2.75) is 43.4 Å². The van der Waals surface area contributed by atoms with Crippen LogP contribution >= 0.6 is 12.6 Å². The smallest absolute Gasteiger partial charge is 0.410 e.